The van der Waals surface area contributed by atoms with E-state index in [1.807, 2.05) is 0 Å². The van der Waals surface area contributed by atoms with Crippen LogP contribution in [0.4, 0.5) is 22.7 Å². The van der Waals surface area contributed by atoms with Crippen LogP contribution in [0.1, 0.15) is 58.8 Å². The zero-order chi connectivity index (χ0) is 29.2. The van der Waals surface area contributed by atoms with Crippen molar-refractivity contribution < 1.29 is 36.4 Å². The Balaban J connectivity index is 1.04. The molecule has 3 aliphatic rings. The van der Waals surface area contributed by atoms with Gasteiger partial charge < -0.3 is 18.9 Å². The number of ether oxygens (including phenoxy) is 2. The molecular weight excluding hydrogens is 574 g/mol. The van der Waals surface area contributed by atoms with Crippen LogP contribution < -0.4 is 4.90 Å². The van der Waals surface area contributed by atoms with E-state index in [0.29, 0.717) is 33.0 Å². The Hall–Kier alpha value is -3.51. The number of rotatable bonds is 7. The molecule has 7 rings (SSSR count). The van der Waals surface area contributed by atoms with Gasteiger partial charge in [0, 0.05) is 30.1 Å². The Kier molecular flexibility index (Phi) is 6.73. The lowest BCUT2D eigenvalue weighted by atomic mass is 9.99. The zero-order valence-electron chi connectivity index (χ0n) is 22.6. The van der Waals surface area contributed by atoms with Crippen molar-refractivity contribution in [1.29, 1.82) is 0 Å². The van der Waals surface area contributed by atoms with Gasteiger partial charge in [-0.05, 0) is 55.7 Å². The molecule has 2 aromatic carbocycles. The molecule has 2 unspecified atom stereocenters. The van der Waals surface area contributed by atoms with Crippen LogP contribution in [-0.4, -0.2) is 42.4 Å². The molecule has 0 radical (unpaired) electrons. The second kappa shape index (κ2) is 10.3. The fraction of sp³-hybridized carbons (Fsp3) is 0.433. The van der Waals surface area contributed by atoms with Crippen molar-refractivity contribution in [2.24, 2.45) is 11.8 Å². The lowest BCUT2D eigenvalue weighted by Crippen LogP contribution is -2.23. The van der Waals surface area contributed by atoms with Gasteiger partial charge in [-0.3, -0.25) is 0 Å². The molecule has 220 valence electrons. The third-order valence-electron chi connectivity index (χ3n) is 8.55. The molecule has 3 fully saturated rings. The molecule has 0 bridgehead atoms. The zero-order valence-corrected chi connectivity index (χ0v) is 23.4. The minimum absolute atomic E-state index is 0.00385. The van der Waals surface area contributed by atoms with Crippen LogP contribution in [0.15, 0.2) is 40.9 Å². The number of hydrogen-bond acceptors (Lipinski definition) is 8. The minimum Gasteiger partial charge on any atom is -0.465 e. The summed E-state index contributed by atoms with van der Waals surface area (Å²) in [5.74, 6) is 0.354. The molecule has 0 amide bonds. The number of fused-ring (bicyclic) bond motifs is 2. The van der Waals surface area contributed by atoms with E-state index < -0.39 is 23.5 Å². The Morgan fingerprint density at radius 2 is 1.88 bits per heavy atom. The Morgan fingerprint density at radius 1 is 1.14 bits per heavy atom. The van der Waals surface area contributed by atoms with Crippen LogP contribution in [0.2, 0.25) is 0 Å². The molecule has 1 aliphatic heterocycles. The average Bonchev–Trinajstić information content (AvgIpc) is 3.27. The van der Waals surface area contributed by atoms with Crippen molar-refractivity contribution in [3.8, 4) is 11.3 Å². The van der Waals surface area contributed by atoms with Crippen LogP contribution >= 0.6 is 11.3 Å². The van der Waals surface area contributed by atoms with Crippen LogP contribution in [0.25, 0.3) is 21.5 Å². The minimum atomic E-state index is -4.51. The third kappa shape index (κ3) is 4.94. The molecule has 7 nitrogen and oxygen atoms in total. The number of benzene rings is 2. The number of carbonyl (C=O) groups excluding carboxylic acids is 1. The molecule has 2 saturated carbocycles. The van der Waals surface area contributed by atoms with Gasteiger partial charge in [-0.2, -0.15) is 13.2 Å². The van der Waals surface area contributed by atoms with Gasteiger partial charge in [-0.1, -0.05) is 34.7 Å². The van der Waals surface area contributed by atoms with Crippen molar-refractivity contribution in [3.63, 3.8) is 0 Å². The van der Waals surface area contributed by atoms with Gasteiger partial charge in [0.1, 0.15) is 17.0 Å². The Bertz CT molecular complexity index is 1650. The summed E-state index contributed by atoms with van der Waals surface area (Å²) < 4.78 is 73.2. The molecule has 42 heavy (non-hydrogen) atoms. The van der Waals surface area contributed by atoms with Gasteiger partial charge in [-0.25, -0.2) is 14.2 Å². The summed E-state index contributed by atoms with van der Waals surface area (Å²) in [6.07, 6.45) is -1.08. The number of nitrogens with zero attached hydrogens (tertiary/aromatic N) is 3. The molecule has 1 saturated heterocycles. The average molecular weight is 602 g/mol. The van der Waals surface area contributed by atoms with Crippen LogP contribution in [-0.2, 0) is 22.3 Å². The molecule has 0 N–H and O–H groups in total. The van der Waals surface area contributed by atoms with Crippen molar-refractivity contribution in [3.05, 3.63) is 64.7 Å². The number of anilines is 1. The summed E-state index contributed by atoms with van der Waals surface area (Å²) in [6.45, 7) is 1.64. The largest absolute Gasteiger partial charge is 0.465 e. The van der Waals surface area contributed by atoms with Gasteiger partial charge in [0.25, 0.3) is 0 Å². The fourth-order valence-corrected chi connectivity index (χ4v) is 7.40. The smallest absolute Gasteiger partial charge is 0.417 e. The summed E-state index contributed by atoms with van der Waals surface area (Å²) in [5.41, 5.74) is 0.462. The van der Waals surface area contributed by atoms with Crippen molar-refractivity contribution in [1.82, 2.24) is 10.1 Å². The van der Waals surface area contributed by atoms with E-state index in [1.165, 1.54) is 30.6 Å². The molecule has 2 aliphatic carbocycles. The standard InChI is InChI=1S/C30H27F4N3O4S/c1-39-28(38)16-10-23(31)26-24(11-16)42-29(35-26)37-12-17-8-19(9-18(17)13-37)40-14-21-25(36-41-27(21)15-6-7-15)20-4-2-3-5-22(20)30(32,33)34/h2-5,10-11,15,17-19H,6-9,12-14H2,1H3. The number of hydrogen-bond donors (Lipinski definition) is 0. The molecule has 12 heteroatoms. The first-order valence-corrected chi connectivity index (χ1v) is 14.7. The SMILES string of the molecule is COC(=O)c1cc(F)c2nc(N3CC4CC(OCc5c(-c6ccccc6C(F)(F)F)noc5C5CC5)CC4C3)sc2c1. The Morgan fingerprint density at radius 3 is 2.57 bits per heavy atom. The monoisotopic (exact) mass is 601 g/mol. The van der Waals surface area contributed by atoms with Crippen molar-refractivity contribution in [2.45, 2.75) is 50.5 Å². The highest BCUT2D eigenvalue weighted by Gasteiger charge is 2.43. The van der Waals surface area contributed by atoms with Crippen LogP contribution in [0, 0.1) is 17.7 Å². The van der Waals surface area contributed by atoms with E-state index in [9.17, 15) is 22.4 Å². The summed E-state index contributed by atoms with van der Waals surface area (Å²) >= 11 is 1.35. The lowest BCUT2D eigenvalue weighted by Gasteiger charge is -2.19. The lowest BCUT2D eigenvalue weighted by molar-refractivity contribution is -0.137. The number of esters is 1. The number of thiazole rings is 1. The summed E-state index contributed by atoms with van der Waals surface area (Å²) in [4.78, 5) is 18.6. The van der Waals surface area contributed by atoms with Gasteiger partial charge >= 0.3 is 12.1 Å². The van der Waals surface area contributed by atoms with E-state index in [1.54, 1.807) is 12.1 Å². The highest BCUT2D eigenvalue weighted by molar-refractivity contribution is 7.22. The second-order valence-electron chi connectivity index (χ2n) is 11.3. The first-order chi connectivity index (χ1) is 20.2. The Labute approximate surface area is 242 Å². The summed E-state index contributed by atoms with van der Waals surface area (Å²) in [5, 5.41) is 4.80. The molecule has 0 spiro atoms. The highest BCUT2D eigenvalue weighted by Crippen LogP contribution is 2.47. The predicted molar refractivity (Wildman–Crippen MR) is 147 cm³/mol. The van der Waals surface area contributed by atoms with Crippen molar-refractivity contribution >= 4 is 32.7 Å². The molecular formula is C30H27F4N3O4S. The summed E-state index contributed by atoms with van der Waals surface area (Å²) in [7, 11) is 1.26. The maximum atomic E-state index is 14.7. The van der Waals surface area contributed by atoms with E-state index in [2.05, 4.69) is 15.0 Å². The highest BCUT2D eigenvalue weighted by atomic mass is 32.1. The maximum absolute atomic E-state index is 14.7. The van der Waals surface area contributed by atoms with E-state index in [-0.39, 0.29) is 41.0 Å². The van der Waals surface area contributed by atoms with Gasteiger partial charge in [0.05, 0.1) is 35.6 Å². The predicted octanol–water partition coefficient (Wildman–Crippen LogP) is 7.20. The molecule has 2 aromatic heterocycles. The first-order valence-electron chi connectivity index (χ1n) is 13.9. The first kappa shape index (κ1) is 27.3. The summed E-state index contributed by atoms with van der Waals surface area (Å²) in [6, 6.07) is 8.19. The number of aromatic nitrogens is 2. The normalized spacial score (nSPS) is 22.2. The second-order valence-corrected chi connectivity index (χ2v) is 12.3. The van der Waals surface area contributed by atoms with Crippen molar-refractivity contribution in [2.75, 3.05) is 25.1 Å². The number of alkyl halides is 3. The number of carbonyl (C=O) groups is 1. The van der Waals surface area contributed by atoms with Gasteiger partial charge in [0.15, 0.2) is 10.9 Å². The van der Waals surface area contributed by atoms with E-state index in [4.69, 9.17) is 14.0 Å². The third-order valence-corrected chi connectivity index (χ3v) is 9.62. The number of halogens is 4. The number of methoxy groups -OCH3 is 1. The molecule has 2 atom stereocenters. The van der Waals surface area contributed by atoms with E-state index >= 15 is 0 Å². The van der Waals surface area contributed by atoms with Crippen LogP contribution in [0.3, 0.4) is 0 Å². The quantitative estimate of drug-likeness (QED) is 0.164. The topological polar surface area (TPSA) is 77.7 Å². The van der Waals surface area contributed by atoms with Gasteiger partial charge in [0.2, 0.25) is 0 Å². The van der Waals surface area contributed by atoms with Gasteiger partial charge in [-0.15, -0.1) is 0 Å². The van der Waals surface area contributed by atoms with Crippen LogP contribution in [0.5, 0.6) is 0 Å². The van der Waals surface area contributed by atoms with E-state index in [0.717, 1.165) is 50.9 Å². The molecule has 4 aromatic rings. The molecule has 3 heterocycles. The fourth-order valence-electron chi connectivity index (χ4n) is 6.36. The maximum Gasteiger partial charge on any atom is 0.417 e.